The number of carbonyl (C=O) groups is 1. The largest absolute Gasteiger partial charge is 0.325 e. The molecule has 0 heterocycles. The summed E-state index contributed by atoms with van der Waals surface area (Å²) in [4.78, 5) is 12.2. The third-order valence-electron chi connectivity index (χ3n) is 3.13. The topological polar surface area (TPSA) is 63.2 Å². The van der Waals surface area contributed by atoms with Crippen LogP contribution in [0.15, 0.2) is 27.6 Å². The highest BCUT2D eigenvalue weighted by Crippen LogP contribution is 2.28. The van der Waals surface area contributed by atoms with E-state index in [1.165, 1.54) is 18.2 Å². The summed E-state index contributed by atoms with van der Waals surface area (Å²) in [7, 11) is 1.51. The Morgan fingerprint density at radius 1 is 1.29 bits per heavy atom. The molecule has 0 radical (unpaired) electrons. The first-order valence-corrected chi connectivity index (χ1v) is 9.94. The molecular weight excluding hydrogens is 378 g/mol. The molecule has 1 aromatic rings. The molecular formula is C14H19BrClNO3S. The minimum Gasteiger partial charge on any atom is -0.325 e. The van der Waals surface area contributed by atoms with E-state index in [9.17, 15) is 13.2 Å². The lowest BCUT2D eigenvalue weighted by molar-refractivity contribution is -0.120. The fourth-order valence-electron chi connectivity index (χ4n) is 2.09. The Morgan fingerprint density at radius 3 is 2.29 bits per heavy atom. The van der Waals surface area contributed by atoms with Gasteiger partial charge in [-0.2, -0.15) is 0 Å². The minimum atomic E-state index is -3.77. The van der Waals surface area contributed by atoms with Gasteiger partial charge in [0, 0.05) is 21.1 Å². The van der Waals surface area contributed by atoms with E-state index in [0.29, 0.717) is 10.2 Å². The quantitative estimate of drug-likeness (QED) is 0.689. The molecule has 0 aliphatic heterocycles. The summed E-state index contributed by atoms with van der Waals surface area (Å²) in [5.41, 5.74) is 0.543. The van der Waals surface area contributed by atoms with Gasteiger partial charge in [-0.15, -0.1) is 0 Å². The van der Waals surface area contributed by atoms with Crippen molar-refractivity contribution >= 4 is 47.3 Å². The van der Waals surface area contributed by atoms with Crippen molar-refractivity contribution in [3.63, 3.8) is 0 Å². The number of benzene rings is 1. The van der Waals surface area contributed by atoms with Crippen molar-refractivity contribution in [3.05, 3.63) is 22.7 Å². The molecule has 118 valence electrons. The van der Waals surface area contributed by atoms with E-state index in [1.807, 2.05) is 13.8 Å². The van der Waals surface area contributed by atoms with Crippen molar-refractivity contribution in [2.75, 3.05) is 5.32 Å². The van der Waals surface area contributed by atoms with Crippen LogP contribution in [0.1, 0.15) is 39.5 Å². The van der Waals surface area contributed by atoms with Gasteiger partial charge in [-0.1, -0.05) is 26.7 Å². The molecule has 1 N–H and O–H groups in total. The molecule has 0 aliphatic rings. The van der Waals surface area contributed by atoms with Crippen molar-refractivity contribution in [1.82, 2.24) is 0 Å². The smallest absolute Gasteiger partial charge is 0.261 e. The maximum Gasteiger partial charge on any atom is 0.261 e. The highest BCUT2D eigenvalue weighted by molar-refractivity contribution is 9.10. The van der Waals surface area contributed by atoms with Gasteiger partial charge in [0.25, 0.3) is 9.05 Å². The summed E-state index contributed by atoms with van der Waals surface area (Å²) in [6, 6.07) is 4.29. The fourth-order valence-corrected chi connectivity index (χ4v) is 3.49. The van der Waals surface area contributed by atoms with Crippen molar-refractivity contribution in [2.45, 2.75) is 44.4 Å². The molecule has 0 atom stereocenters. The van der Waals surface area contributed by atoms with Crippen LogP contribution in [-0.4, -0.2) is 14.3 Å². The van der Waals surface area contributed by atoms with Crippen LogP contribution < -0.4 is 5.32 Å². The monoisotopic (exact) mass is 395 g/mol. The van der Waals surface area contributed by atoms with Crippen LogP contribution in [0, 0.1) is 5.92 Å². The molecule has 1 rings (SSSR count). The molecule has 0 aliphatic carbocycles. The first kappa shape index (κ1) is 18.5. The lowest BCUT2D eigenvalue weighted by Gasteiger charge is -2.16. The van der Waals surface area contributed by atoms with E-state index < -0.39 is 9.05 Å². The van der Waals surface area contributed by atoms with Gasteiger partial charge in [0.1, 0.15) is 0 Å². The normalized spacial score (nSPS) is 11.7. The van der Waals surface area contributed by atoms with E-state index in [-0.39, 0.29) is 16.7 Å². The summed E-state index contributed by atoms with van der Waals surface area (Å²) >= 11 is 3.26. The molecule has 0 spiro atoms. The number of nitrogens with one attached hydrogen (secondary N) is 1. The number of hydrogen-bond acceptors (Lipinski definition) is 3. The second-order valence-electron chi connectivity index (χ2n) is 4.84. The molecule has 1 amide bonds. The predicted octanol–water partition coefficient (Wildman–Crippen LogP) is 4.53. The highest BCUT2D eigenvalue weighted by Gasteiger charge is 2.18. The Labute approximate surface area is 138 Å². The van der Waals surface area contributed by atoms with Gasteiger partial charge < -0.3 is 5.32 Å². The summed E-state index contributed by atoms with van der Waals surface area (Å²) in [5.74, 6) is -0.0655. The second kappa shape index (κ2) is 8.15. The highest BCUT2D eigenvalue weighted by atomic mass is 79.9. The van der Waals surface area contributed by atoms with E-state index >= 15 is 0 Å². The number of amides is 1. The molecule has 0 unspecified atom stereocenters. The van der Waals surface area contributed by atoms with Crippen LogP contribution in [-0.2, 0) is 13.8 Å². The van der Waals surface area contributed by atoms with Crippen molar-refractivity contribution < 1.29 is 13.2 Å². The number of halogens is 2. The molecule has 1 aromatic carbocycles. The van der Waals surface area contributed by atoms with Gasteiger partial charge >= 0.3 is 0 Å². The van der Waals surface area contributed by atoms with E-state index in [4.69, 9.17) is 10.7 Å². The number of anilines is 1. The molecule has 21 heavy (non-hydrogen) atoms. The van der Waals surface area contributed by atoms with E-state index in [1.54, 1.807) is 0 Å². The Kier molecular flexibility index (Phi) is 7.16. The van der Waals surface area contributed by atoms with Crippen LogP contribution >= 0.6 is 26.6 Å². The lowest BCUT2D eigenvalue weighted by Crippen LogP contribution is -2.23. The lowest BCUT2D eigenvalue weighted by atomic mass is 9.97. The van der Waals surface area contributed by atoms with Gasteiger partial charge in [-0.25, -0.2) is 8.42 Å². The first-order chi connectivity index (χ1) is 9.79. The van der Waals surface area contributed by atoms with Crippen LogP contribution in [0.4, 0.5) is 5.69 Å². The van der Waals surface area contributed by atoms with Crippen molar-refractivity contribution in [3.8, 4) is 0 Å². The van der Waals surface area contributed by atoms with Gasteiger partial charge in [-0.3, -0.25) is 4.79 Å². The van der Waals surface area contributed by atoms with Gasteiger partial charge in [0.15, 0.2) is 0 Å². The third kappa shape index (κ3) is 5.60. The molecule has 0 saturated heterocycles. The van der Waals surface area contributed by atoms with Crippen LogP contribution in [0.25, 0.3) is 0 Å². The maximum atomic E-state index is 12.3. The van der Waals surface area contributed by atoms with Crippen molar-refractivity contribution in [2.24, 2.45) is 5.92 Å². The average Bonchev–Trinajstić information content (AvgIpc) is 2.39. The maximum absolute atomic E-state index is 12.3. The number of carbonyl (C=O) groups excluding carboxylic acids is 1. The Bertz CT molecular complexity index is 598. The molecule has 7 heteroatoms. The fraction of sp³-hybridized carbons (Fsp3) is 0.500. The van der Waals surface area contributed by atoms with Crippen LogP contribution in [0.3, 0.4) is 0 Å². The third-order valence-corrected chi connectivity index (χ3v) is 5.13. The molecule has 0 saturated carbocycles. The zero-order chi connectivity index (χ0) is 16.0. The average molecular weight is 397 g/mol. The standard InChI is InChI=1S/C14H19BrClNO3S/c1-3-5-10(6-4-2)14(18)17-13-8-7-11(9-12(13)15)21(16,19)20/h7-10H,3-6H2,1-2H3,(H,17,18). The number of hydrogen-bond donors (Lipinski definition) is 1. The second-order valence-corrected chi connectivity index (χ2v) is 8.26. The van der Waals surface area contributed by atoms with Gasteiger partial charge in [0.05, 0.1) is 10.6 Å². The summed E-state index contributed by atoms with van der Waals surface area (Å²) in [5, 5.41) is 2.83. The Balaban J connectivity index is 2.90. The molecule has 4 nitrogen and oxygen atoms in total. The first-order valence-electron chi connectivity index (χ1n) is 6.84. The van der Waals surface area contributed by atoms with E-state index in [0.717, 1.165) is 25.7 Å². The summed E-state index contributed by atoms with van der Waals surface area (Å²) < 4.78 is 23.0. The zero-order valence-corrected chi connectivity index (χ0v) is 15.2. The van der Waals surface area contributed by atoms with Gasteiger partial charge in [0.2, 0.25) is 5.91 Å². The molecule has 0 aromatic heterocycles. The van der Waals surface area contributed by atoms with Crippen molar-refractivity contribution in [1.29, 1.82) is 0 Å². The van der Waals surface area contributed by atoms with Gasteiger partial charge in [-0.05, 0) is 47.0 Å². The Morgan fingerprint density at radius 2 is 1.86 bits per heavy atom. The molecule has 0 fully saturated rings. The predicted molar refractivity (Wildman–Crippen MR) is 89.1 cm³/mol. The Hall–Kier alpha value is -0.590. The van der Waals surface area contributed by atoms with Crippen LogP contribution in [0.5, 0.6) is 0 Å². The van der Waals surface area contributed by atoms with E-state index in [2.05, 4.69) is 21.2 Å². The SMILES string of the molecule is CCCC(CCC)C(=O)Nc1ccc(S(=O)(=O)Cl)cc1Br. The zero-order valence-electron chi connectivity index (χ0n) is 12.0. The summed E-state index contributed by atoms with van der Waals surface area (Å²) in [6.07, 6.45) is 3.57. The summed E-state index contributed by atoms with van der Waals surface area (Å²) in [6.45, 7) is 4.10. The minimum absolute atomic E-state index is 0.00675. The van der Waals surface area contributed by atoms with Crippen LogP contribution in [0.2, 0.25) is 0 Å². The molecule has 0 bridgehead atoms. The number of rotatable bonds is 7.